The van der Waals surface area contributed by atoms with Crippen LogP contribution in [0.4, 0.5) is 13.6 Å². The van der Waals surface area contributed by atoms with Crippen molar-refractivity contribution in [1.82, 2.24) is 9.80 Å². The number of urea groups is 1. The molecule has 1 aliphatic rings. The quantitative estimate of drug-likeness (QED) is 0.731. The summed E-state index contributed by atoms with van der Waals surface area (Å²) in [5, 5.41) is 8.34. The lowest BCUT2D eigenvalue weighted by atomic mass is 10.0. The molecule has 3 amide bonds. The molecule has 0 saturated carbocycles. The van der Waals surface area contributed by atoms with Crippen LogP contribution in [0.2, 0.25) is 0 Å². The van der Waals surface area contributed by atoms with Crippen LogP contribution in [0.25, 0.3) is 0 Å². The number of hydrogen-bond acceptors (Lipinski definition) is 3. The third-order valence-corrected chi connectivity index (χ3v) is 2.50. The van der Waals surface area contributed by atoms with E-state index in [-0.39, 0.29) is 0 Å². The van der Waals surface area contributed by atoms with E-state index in [1.807, 2.05) is 0 Å². The molecule has 0 aliphatic carbocycles. The lowest BCUT2D eigenvalue weighted by molar-refractivity contribution is -0.176. The van der Waals surface area contributed by atoms with E-state index >= 15 is 0 Å². The van der Waals surface area contributed by atoms with Gasteiger partial charge in [-0.3, -0.25) is 9.69 Å². The molecular weight excluding hydrogens is 226 g/mol. The van der Waals surface area contributed by atoms with Gasteiger partial charge in [0.05, 0.1) is 6.42 Å². The Morgan fingerprint density at radius 1 is 1.44 bits per heavy atom. The van der Waals surface area contributed by atoms with Gasteiger partial charge in [0, 0.05) is 14.1 Å². The smallest absolute Gasteiger partial charge is 0.376 e. The molecule has 1 rings (SSSR count). The summed E-state index contributed by atoms with van der Waals surface area (Å²) in [6, 6.07) is -2.89. The minimum atomic E-state index is -4.14. The maximum Gasteiger partial charge on any atom is 0.376 e. The number of carbonyl (C=O) groups is 3. The standard InChI is InChI=1S/C8H10F2N2O4/c1-11-4(8(9,10)6(14)15)3-5(13)12(2)7(11)16/h4H,3H2,1-2H3,(H,14,15). The molecule has 1 aliphatic heterocycles. The predicted molar refractivity (Wildman–Crippen MR) is 46.9 cm³/mol. The molecular formula is C8H10F2N2O4. The monoisotopic (exact) mass is 236 g/mol. The van der Waals surface area contributed by atoms with Crippen LogP contribution in [0, 0.1) is 0 Å². The highest BCUT2D eigenvalue weighted by Gasteiger charge is 2.54. The van der Waals surface area contributed by atoms with E-state index in [4.69, 9.17) is 5.11 Å². The molecule has 16 heavy (non-hydrogen) atoms. The van der Waals surface area contributed by atoms with Gasteiger partial charge in [-0.15, -0.1) is 0 Å². The molecule has 1 heterocycles. The number of amides is 3. The maximum atomic E-state index is 13.2. The van der Waals surface area contributed by atoms with Crippen molar-refractivity contribution in [3.63, 3.8) is 0 Å². The second-order valence-electron chi connectivity index (χ2n) is 3.49. The Morgan fingerprint density at radius 3 is 2.38 bits per heavy atom. The summed E-state index contributed by atoms with van der Waals surface area (Å²) in [7, 11) is 2.18. The lowest BCUT2D eigenvalue weighted by Crippen LogP contribution is -2.61. The fraction of sp³-hybridized carbons (Fsp3) is 0.625. The molecule has 8 heteroatoms. The number of carboxylic acid groups (broad SMARTS) is 1. The molecule has 0 bridgehead atoms. The summed E-state index contributed by atoms with van der Waals surface area (Å²) in [6.45, 7) is 0. The largest absolute Gasteiger partial charge is 0.477 e. The zero-order valence-electron chi connectivity index (χ0n) is 8.61. The molecule has 90 valence electrons. The highest BCUT2D eigenvalue weighted by molar-refractivity contribution is 5.98. The van der Waals surface area contributed by atoms with Crippen LogP contribution in [-0.4, -0.2) is 58.9 Å². The highest BCUT2D eigenvalue weighted by atomic mass is 19.3. The van der Waals surface area contributed by atoms with Crippen LogP contribution in [0.15, 0.2) is 0 Å². The van der Waals surface area contributed by atoms with Gasteiger partial charge in [0.1, 0.15) is 6.04 Å². The fourth-order valence-electron chi connectivity index (χ4n) is 1.43. The van der Waals surface area contributed by atoms with Gasteiger partial charge in [-0.05, 0) is 0 Å². The molecule has 0 aromatic heterocycles. The van der Waals surface area contributed by atoms with Gasteiger partial charge in [-0.2, -0.15) is 8.78 Å². The molecule has 0 radical (unpaired) electrons. The number of aliphatic carboxylic acids is 1. The number of hydrogen-bond donors (Lipinski definition) is 1. The van der Waals surface area contributed by atoms with Crippen molar-refractivity contribution in [2.24, 2.45) is 0 Å². The van der Waals surface area contributed by atoms with Gasteiger partial charge in [-0.1, -0.05) is 0 Å². The van der Waals surface area contributed by atoms with E-state index < -0.39 is 36.3 Å². The van der Waals surface area contributed by atoms with Crippen molar-refractivity contribution in [2.75, 3.05) is 14.1 Å². The first-order valence-electron chi connectivity index (χ1n) is 4.34. The van der Waals surface area contributed by atoms with Crippen LogP contribution in [-0.2, 0) is 9.59 Å². The predicted octanol–water partition coefficient (Wildman–Crippen LogP) is -0.0112. The summed E-state index contributed by atoms with van der Waals surface area (Å²) in [5.41, 5.74) is 0. The summed E-state index contributed by atoms with van der Waals surface area (Å²) < 4.78 is 26.4. The lowest BCUT2D eigenvalue weighted by Gasteiger charge is -2.38. The summed E-state index contributed by atoms with van der Waals surface area (Å²) >= 11 is 0. The third kappa shape index (κ3) is 1.70. The van der Waals surface area contributed by atoms with E-state index in [0.717, 1.165) is 14.1 Å². The third-order valence-electron chi connectivity index (χ3n) is 2.50. The minimum absolute atomic E-state index is 0.565. The van der Waals surface area contributed by atoms with Crippen LogP contribution in [0.3, 0.4) is 0 Å². The number of nitrogens with zero attached hydrogens (tertiary/aromatic N) is 2. The second-order valence-corrected chi connectivity index (χ2v) is 3.49. The van der Waals surface area contributed by atoms with Gasteiger partial charge in [0.15, 0.2) is 0 Å². The Morgan fingerprint density at radius 2 is 1.94 bits per heavy atom. The zero-order chi connectivity index (χ0) is 12.7. The first kappa shape index (κ1) is 12.3. The van der Waals surface area contributed by atoms with E-state index in [9.17, 15) is 23.2 Å². The van der Waals surface area contributed by atoms with E-state index in [1.54, 1.807) is 0 Å². The van der Waals surface area contributed by atoms with E-state index in [1.165, 1.54) is 0 Å². The van der Waals surface area contributed by atoms with Crippen molar-refractivity contribution < 1.29 is 28.3 Å². The van der Waals surface area contributed by atoms with Crippen LogP contribution < -0.4 is 0 Å². The zero-order valence-corrected chi connectivity index (χ0v) is 8.61. The van der Waals surface area contributed by atoms with Gasteiger partial charge in [-0.25, -0.2) is 9.59 Å². The van der Waals surface area contributed by atoms with Gasteiger partial charge in [0.25, 0.3) is 0 Å². The number of carbonyl (C=O) groups excluding carboxylic acids is 2. The minimum Gasteiger partial charge on any atom is -0.477 e. The number of carboxylic acids is 1. The molecule has 0 spiro atoms. The number of halogens is 2. The molecule has 1 saturated heterocycles. The summed E-state index contributed by atoms with van der Waals surface area (Å²) in [6.07, 6.45) is -0.710. The van der Waals surface area contributed by atoms with Crippen molar-refractivity contribution in [3.05, 3.63) is 0 Å². The summed E-state index contributed by atoms with van der Waals surface area (Å²) in [5.74, 6) is -7.31. The SMILES string of the molecule is CN1C(=O)CC(C(F)(F)C(=O)O)N(C)C1=O. The summed E-state index contributed by atoms with van der Waals surface area (Å²) in [4.78, 5) is 34.1. The van der Waals surface area contributed by atoms with Gasteiger partial charge < -0.3 is 10.0 Å². The molecule has 0 aromatic carbocycles. The molecule has 1 atom stereocenters. The van der Waals surface area contributed by atoms with Crippen molar-refractivity contribution in [2.45, 2.75) is 18.4 Å². The highest BCUT2D eigenvalue weighted by Crippen LogP contribution is 2.29. The topological polar surface area (TPSA) is 77.9 Å². The first-order chi connectivity index (χ1) is 7.19. The van der Waals surface area contributed by atoms with Crippen LogP contribution in [0.1, 0.15) is 6.42 Å². The fourth-order valence-corrected chi connectivity index (χ4v) is 1.43. The molecule has 1 fully saturated rings. The number of rotatable bonds is 2. The molecule has 0 aromatic rings. The maximum absolute atomic E-state index is 13.2. The van der Waals surface area contributed by atoms with Crippen molar-refractivity contribution in [1.29, 1.82) is 0 Å². The van der Waals surface area contributed by atoms with E-state index in [0.29, 0.717) is 9.80 Å². The van der Waals surface area contributed by atoms with Crippen LogP contribution >= 0.6 is 0 Å². The second kappa shape index (κ2) is 3.69. The number of alkyl halides is 2. The van der Waals surface area contributed by atoms with Gasteiger partial charge in [0.2, 0.25) is 5.91 Å². The Kier molecular flexibility index (Phi) is 2.85. The molecule has 1 unspecified atom stereocenters. The number of imide groups is 1. The Labute approximate surface area is 89.4 Å². The van der Waals surface area contributed by atoms with E-state index in [2.05, 4.69) is 0 Å². The van der Waals surface area contributed by atoms with Crippen molar-refractivity contribution >= 4 is 17.9 Å². The average Bonchev–Trinajstić information content (AvgIpc) is 2.19. The Balaban J connectivity index is 3.03. The Hall–Kier alpha value is -1.73. The van der Waals surface area contributed by atoms with Gasteiger partial charge >= 0.3 is 17.9 Å². The Bertz CT molecular complexity index is 358. The van der Waals surface area contributed by atoms with Crippen molar-refractivity contribution in [3.8, 4) is 0 Å². The normalized spacial score (nSPS) is 22.6. The average molecular weight is 236 g/mol. The first-order valence-corrected chi connectivity index (χ1v) is 4.34. The van der Waals surface area contributed by atoms with Crippen LogP contribution in [0.5, 0.6) is 0 Å². The molecule has 6 nitrogen and oxygen atoms in total. The molecule has 1 N–H and O–H groups in total.